The number of nitrogens with one attached hydrogen (secondary N) is 1. The van der Waals surface area contributed by atoms with Crippen LogP contribution in [-0.4, -0.2) is 87.2 Å². The summed E-state index contributed by atoms with van der Waals surface area (Å²) < 4.78 is 0. The van der Waals surface area contributed by atoms with Crippen LogP contribution in [0.5, 0.6) is 0 Å². The third-order valence-electron chi connectivity index (χ3n) is 4.23. The highest BCUT2D eigenvalue weighted by Gasteiger charge is 2.20. The molecule has 0 radical (unpaired) electrons. The summed E-state index contributed by atoms with van der Waals surface area (Å²) in [5.74, 6) is 0.804. The summed E-state index contributed by atoms with van der Waals surface area (Å²) in [6, 6.07) is 0.665. The van der Waals surface area contributed by atoms with Gasteiger partial charge in [-0.05, 0) is 39.9 Å². The van der Waals surface area contributed by atoms with Gasteiger partial charge < -0.3 is 10.2 Å². The monoisotopic (exact) mass is 284 g/mol. The topological polar surface area (TPSA) is 21.8 Å². The molecule has 120 valence electrons. The van der Waals surface area contributed by atoms with Crippen molar-refractivity contribution in [2.24, 2.45) is 5.92 Å². The van der Waals surface area contributed by atoms with E-state index in [0.717, 1.165) is 19.0 Å². The van der Waals surface area contributed by atoms with E-state index >= 15 is 0 Å². The van der Waals surface area contributed by atoms with E-state index in [1.54, 1.807) is 0 Å². The minimum atomic E-state index is 0.665. The quantitative estimate of drug-likeness (QED) is 0.642. The molecule has 1 fully saturated rings. The van der Waals surface area contributed by atoms with E-state index in [-0.39, 0.29) is 0 Å². The summed E-state index contributed by atoms with van der Waals surface area (Å²) in [7, 11) is 4.31. The van der Waals surface area contributed by atoms with Gasteiger partial charge in [-0.1, -0.05) is 13.8 Å². The van der Waals surface area contributed by atoms with Crippen molar-refractivity contribution in [1.82, 2.24) is 20.0 Å². The number of likely N-dealkylation sites (N-methyl/N-ethyl adjacent to an activating group) is 1. The molecule has 1 atom stereocenters. The van der Waals surface area contributed by atoms with E-state index in [4.69, 9.17) is 0 Å². The molecule has 0 aromatic rings. The first-order valence-electron chi connectivity index (χ1n) is 8.31. The molecule has 1 heterocycles. The molecule has 0 amide bonds. The molecule has 1 aliphatic heterocycles. The Labute approximate surface area is 126 Å². The van der Waals surface area contributed by atoms with Gasteiger partial charge in [0.1, 0.15) is 0 Å². The number of nitrogens with zero attached hydrogens (tertiary/aromatic N) is 3. The lowest BCUT2D eigenvalue weighted by molar-refractivity contribution is 0.0970. The van der Waals surface area contributed by atoms with E-state index in [9.17, 15) is 0 Å². The van der Waals surface area contributed by atoms with Crippen LogP contribution in [0.25, 0.3) is 0 Å². The molecule has 0 bridgehead atoms. The first kappa shape index (κ1) is 17.9. The van der Waals surface area contributed by atoms with Crippen molar-refractivity contribution >= 4 is 0 Å². The van der Waals surface area contributed by atoms with Crippen LogP contribution in [0.15, 0.2) is 0 Å². The molecule has 0 saturated carbocycles. The van der Waals surface area contributed by atoms with Crippen molar-refractivity contribution in [3.8, 4) is 0 Å². The predicted octanol–water partition coefficient (Wildman–Crippen LogP) is 1.19. The van der Waals surface area contributed by atoms with Gasteiger partial charge in [-0.3, -0.25) is 9.80 Å². The zero-order valence-corrected chi connectivity index (χ0v) is 14.4. The zero-order valence-electron chi connectivity index (χ0n) is 14.4. The highest BCUT2D eigenvalue weighted by molar-refractivity contribution is 4.77. The highest BCUT2D eigenvalue weighted by Crippen LogP contribution is 2.06. The fraction of sp³-hybridized carbons (Fsp3) is 1.00. The summed E-state index contributed by atoms with van der Waals surface area (Å²) >= 11 is 0. The molecule has 1 rings (SSSR count). The van der Waals surface area contributed by atoms with Gasteiger partial charge in [0, 0.05) is 51.9 Å². The Kier molecular flexibility index (Phi) is 8.69. The van der Waals surface area contributed by atoms with Crippen LogP contribution in [-0.2, 0) is 0 Å². The van der Waals surface area contributed by atoms with Gasteiger partial charge in [-0.25, -0.2) is 0 Å². The average molecular weight is 284 g/mol. The van der Waals surface area contributed by atoms with Crippen molar-refractivity contribution in [3.05, 3.63) is 0 Å². The second-order valence-corrected chi connectivity index (χ2v) is 6.92. The van der Waals surface area contributed by atoms with Crippen molar-refractivity contribution in [3.63, 3.8) is 0 Å². The Bertz CT molecular complexity index is 235. The van der Waals surface area contributed by atoms with E-state index < -0.39 is 0 Å². The lowest BCUT2D eigenvalue weighted by atomic mass is 10.1. The Morgan fingerprint density at radius 2 is 1.70 bits per heavy atom. The standard InChI is InChI=1S/C16H36N4/c1-15(2)6-7-17-14-16(3)20-12-10-19(11-13-20)9-8-18(4)5/h15-17H,6-14H2,1-5H3. The van der Waals surface area contributed by atoms with Crippen molar-refractivity contribution in [2.45, 2.75) is 33.2 Å². The van der Waals surface area contributed by atoms with Crippen LogP contribution >= 0.6 is 0 Å². The van der Waals surface area contributed by atoms with Crippen molar-refractivity contribution in [1.29, 1.82) is 0 Å². The summed E-state index contributed by atoms with van der Waals surface area (Å²) in [4.78, 5) is 7.50. The third kappa shape index (κ3) is 7.58. The fourth-order valence-corrected chi connectivity index (χ4v) is 2.60. The SMILES string of the molecule is CC(C)CCNCC(C)N1CCN(CCN(C)C)CC1. The summed E-state index contributed by atoms with van der Waals surface area (Å²) in [5, 5.41) is 3.60. The number of hydrogen-bond acceptors (Lipinski definition) is 4. The first-order valence-corrected chi connectivity index (χ1v) is 8.31. The molecule has 0 aromatic carbocycles. The summed E-state index contributed by atoms with van der Waals surface area (Å²) in [5.41, 5.74) is 0. The van der Waals surface area contributed by atoms with Crippen LogP contribution in [0, 0.1) is 5.92 Å². The molecule has 0 aromatic heterocycles. The Morgan fingerprint density at radius 1 is 1.05 bits per heavy atom. The molecular formula is C16H36N4. The van der Waals surface area contributed by atoms with Crippen molar-refractivity contribution in [2.75, 3.05) is 66.5 Å². The highest BCUT2D eigenvalue weighted by atomic mass is 15.3. The predicted molar refractivity (Wildman–Crippen MR) is 88.4 cm³/mol. The minimum absolute atomic E-state index is 0.665. The van der Waals surface area contributed by atoms with E-state index in [0.29, 0.717) is 6.04 Å². The Hall–Kier alpha value is -0.160. The van der Waals surface area contributed by atoms with E-state index in [1.807, 2.05) is 0 Å². The normalized spacial score (nSPS) is 19.9. The van der Waals surface area contributed by atoms with Crippen molar-refractivity contribution < 1.29 is 0 Å². The maximum Gasteiger partial charge on any atom is 0.0193 e. The van der Waals surface area contributed by atoms with Gasteiger partial charge in [0.25, 0.3) is 0 Å². The number of hydrogen-bond donors (Lipinski definition) is 1. The fourth-order valence-electron chi connectivity index (χ4n) is 2.60. The maximum atomic E-state index is 3.60. The minimum Gasteiger partial charge on any atom is -0.315 e. The molecule has 1 saturated heterocycles. The molecule has 1 unspecified atom stereocenters. The molecule has 0 spiro atoms. The van der Waals surface area contributed by atoms with Gasteiger partial charge >= 0.3 is 0 Å². The van der Waals surface area contributed by atoms with Gasteiger partial charge in [0.05, 0.1) is 0 Å². The third-order valence-corrected chi connectivity index (χ3v) is 4.23. The van der Waals surface area contributed by atoms with Gasteiger partial charge in [0.2, 0.25) is 0 Å². The summed E-state index contributed by atoms with van der Waals surface area (Å²) in [6.45, 7) is 16.5. The second-order valence-electron chi connectivity index (χ2n) is 6.92. The second kappa shape index (κ2) is 9.72. The lowest BCUT2D eigenvalue weighted by Gasteiger charge is -2.38. The smallest absolute Gasteiger partial charge is 0.0193 e. The van der Waals surface area contributed by atoms with Crippen LogP contribution < -0.4 is 5.32 Å². The molecular weight excluding hydrogens is 248 g/mol. The van der Waals surface area contributed by atoms with E-state index in [1.165, 1.54) is 45.7 Å². The molecule has 1 N–H and O–H groups in total. The average Bonchev–Trinajstić information content (AvgIpc) is 2.41. The van der Waals surface area contributed by atoms with Gasteiger partial charge in [-0.2, -0.15) is 0 Å². The first-order chi connectivity index (χ1) is 9.49. The molecule has 20 heavy (non-hydrogen) atoms. The zero-order chi connectivity index (χ0) is 15.0. The number of rotatable bonds is 9. The molecule has 1 aliphatic rings. The van der Waals surface area contributed by atoms with Gasteiger partial charge in [0.15, 0.2) is 0 Å². The molecule has 4 heteroatoms. The molecule has 4 nitrogen and oxygen atoms in total. The summed E-state index contributed by atoms with van der Waals surface area (Å²) in [6.07, 6.45) is 1.28. The maximum absolute atomic E-state index is 3.60. The van der Waals surface area contributed by atoms with Crippen LogP contribution in [0.4, 0.5) is 0 Å². The van der Waals surface area contributed by atoms with E-state index in [2.05, 4.69) is 54.9 Å². The van der Waals surface area contributed by atoms with Gasteiger partial charge in [-0.15, -0.1) is 0 Å². The molecule has 0 aliphatic carbocycles. The van der Waals surface area contributed by atoms with Crippen LogP contribution in [0.3, 0.4) is 0 Å². The Morgan fingerprint density at radius 3 is 2.25 bits per heavy atom. The largest absolute Gasteiger partial charge is 0.315 e. The van der Waals surface area contributed by atoms with Crippen LogP contribution in [0.1, 0.15) is 27.2 Å². The number of piperazine rings is 1. The Balaban J connectivity index is 2.10. The van der Waals surface area contributed by atoms with Crippen LogP contribution in [0.2, 0.25) is 0 Å². The lowest BCUT2D eigenvalue weighted by Crippen LogP contribution is -2.52.